The number of amides is 1. The quantitative estimate of drug-likeness (QED) is 0.472. The molecule has 0 bridgehead atoms. The van der Waals surface area contributed by atoms with Crippen LogP contribution in [0.4, 0.5) is 20.2 Å². The van der Waals surface area contributed by atoms with Gasteiger partial charge >= 0.3 is 0 Å². The van der Waals surface area contributed by atoms with E-state index in [1.165, 1.54) is 25.0 Å². The Morgan fingerprint density at radius 2 is 1.69 bits per heavy atom. The fraction of sp³-hybridized carbons (Fsp3) is 0.286. The van der Waals surface area contributed by atoms with Crippen molar-refractivity contribution in [1.29, 1.82) is 0 Å². The van der Waals surface area contributed by atoms with Gasteiger partial charge in [-0.1, -0.05) is 18.2 Å². The molecule has 1 aliphatic heterocycles. The normalized spacial score (nSPS) is 15.3. The van der Waals surface area contributed by atoms with E-state index in [2.05, 4.69) is 15.5 Å². The van der Waals surface area contributed by atoms with Crippen LogP contribution in [0, 0.1) is 11.6 Å². The minimum Gasteiger partial charge on any atom is -0.384 e. The molecule has 3 aromatic rings. The second-order valence-electron chi connectivity index (χ2n) is 9.05. The first kappa shape index (κ1) is 23.2. The maximum absolute atomic E-state index is 14.4. The molecule has 1 aliphatic carbocycles. The SMILES string of the molecule is O=C(Nc1ccc(-c2cccc(F)c2F)c2c1C(=O)CC2)c1ccc(NCCN2CCCC2)cc1. The number of benzene rings is 3. The zero-order valence-corrected chi connectivity index (χ0v) is 19.4. The third kappa shape index (κ3) is 4.82. The Bertz CT molecular complexity index is 1270. The van der Waals surface area contributed by atoms with Crippen molar-refractivity contribution >= 4 is 23.1 Å². The molecule has 7 heteroatoms. The molecule has 5 nitrogen and oxygen atoms in total. The van der Waals surface area contributed by atoms with E-state index in [4.69, 9.17) is 0 Å². The predicted octanol–water partition coefficient (Wildman–Crippen LogP) is 5.52. The maximum Gasteiger partial charge on any atom is 0.255 e. The standard InChI is InChI=1S/C28H27F2N3O2/c29-23-5-3-4-22(27(23)30)20-10-12-24(26-21(20)11-13-25(26)34)32-28(35)18-6-8-19(9-7-18)31-14-17-33-15-1-2-16-33/h3-10,12,31H,1-2,11,13-17H2,(H,32,35). The van der Waals surface area contributed by atoms with Crippen LogP contribution in [0.1, 0.15) is 45.5 Å². The molecule has 35 heavy (non-hydrogen) atoms. The van der Waals surface area contributed by atoms with Gasteiger partial charge in [0.2, 0.25) is 0 Å². The molecule has 2 N–H and O–H groups in total. The average Bonchev–Trinajstić information content (AvgIpc) is 3.52. The largest absolute Gasteiger partial charge is 0.384 e. The number of fused-ring (bicyclic) bond motifs is 1. The number of likely N-dealkylation sites (tertiary alicyclic amines) is 1. The molecular weight excluding hydrogens is 448 g/mol. The predicted molar refractivity (Wildman–Crippen MR) is 133 cm³/mol. The van der Waals surface area contributed by atoms with Crippen LogP contribution in [0.3, 0.4) is 0 Å². The molecule has 3 aromatic carbocycles. The molecule has 1 amide bonds. The van der Waals surface area contributed by atoms with E-state index in [1.807, 2.05) is 12.1 Å². The van der Waals surface area contributed by atoms with Crippen molar-refractivity contribution in [3.8, 4) is 11.1 Å². The van der Waals surface area contributed by atoms with Gasteiger partial charge in [-0.2, -0.15) is 0 Å². The van der Waals surface area contributed by atoms with E-state index in [1.54, 1.807) is 24.3 Å². The molecule has 1 fully saturated rings. The number of Topliss-reactive ketones (excluding diaryl/α,β-unsaturated/α-hetero) is 1. The molecule has 0 aromatic heterocycles. The van der Waals surface area contributed by atoms with Gasteiger partial charge in [-0.3, -0.25) is 9.59 Å². The molecule has 1 heterocycles. The Morgan fingerprint density at radius 3 is 2.46 bits per heavy atom. The van der Waals surface area contributed by atoms with Gasteiger partial charge in [-0.05, 0) is 79.9 Å². The maximum atomic E-state index is 14.4. The summed E-state index contributed by atoms with van der Waals surface area (Å²) in [5.41, 5.74) is 3.40. The van der Waals surface area contributed by atoms with Crippen LogP contribution in [0.2, 0.25) is 0 Å². The van der Waals surface area contributed by atoms with Gasteiger partial charge in [-0.25, -0.2) is 8.78 Å². The highest BCUT2D eigenvalue weighted by atomic mass is 19.2. The highest BCUT2D eigenvalue weighted by Gasteiger charge is 2.28. The smallest absolute Gasteiger partial charge is 0.255 e. The molecular formula is C28H27F2N3O2. The number of ketones is 1. The average molecular weight is 476 g/mol. The number of rotatable bonds is 7. The van der Waals surface area contributed by atoms with E-state index in [0.29, 0.717) is 34.4 Å². The van der Waals surface area contributed by atoms with Crippen LogP contribution in [0.15, 0.2) is 54.6 Å². The first-order valence-electron chi connectivity index (χ1n) is 12.0. The van der Waals surface area contributed by atoms with Crippen molar-refractivity contribution in [2.45, 2.75) is 25.7 Å². The van der Waals surface area contributed by atoms with Crippen LogP contribution in [0.5, 0.6) is 0 Å². The third-order valence-electron chi connectivity index (χ3n) is 6.79. The Labute approximate surface area is 203 Å². The lowest BCUT2D eigenvalue weighted by Gasteiger charge is -2.16. The van der Waals surface area contributed by atoms with Crippen molar-refractivity contribution in [1.82, 2.24) is 4.90 Å². The second kappa shape index (κ2) is 9.96. The van der Waals surface area contributed by atoms with E-state index in [9.17, 15) is 18.4 Å². The second-order valence-corrected chi connectivity index (χ2v) is 9.05. The van der Waals surface area contributed by atoms with E-state index in [-0.39, 0.29) is 23.7 Å². The lowest BCUT2D eigenvalue weighted by atomic mass is 9.95. The Kier molecular flexibility index (Phi) is 6.59. The van der Waals surface area contributed by atoms with E-state index < -0.39 is 11.6 Å². The van der Waals surface area contributed by atoms with Crippen molar-refractivity contribution in [2.75, 3.05) is 36.8 Å². The summed E-state index contributed by atoms with van der Waals surface area (Å²) in [6, 6.07) is 14.4. The summed E-state index contributed by atoms with van der Waals surface area (Å²) >= 11 is 0. The van der Waals surface area contributed by atoms with E-state index >= 15 is 0 Å². The van der Waals surface area contributed by atoms with Crippen LogP contribution < -0.4 is 10.6 Å². The number of nitrogens with one attached hydrogen (secondary N) is 2. The zero-order chi connectivity index (χ0) is 24.4. The summed E-state index contributed by atoms with van der Waals surface area (Å²) in [4.78, 5) is 28.0. The lowest BCUT2D eigenvalue weighted by molar-refractivity contribution is 0.0995. The molecule has 0 saturated carbocycles. The topological polar surface area (TPSA) is 61.4 Å². The first-order chi connectivity index (χ1) is 17.0. The van der Waals surface area contributed by atoms with Gasteiger partial charge < -0.3 is 15.5 Å². The van der Waals surface area contributed by atoms with Gasteiger partial charge in [0.15, 0.2) is 17.4 Å². The Morgan fingerprint density at radius 1 is 0.914 bits per heavy atom. The minimum absolute atomic E-state index is 0.113. The summed E-state index contributed by atoms with van der Waals surface area (Å²) in [7, 11) is 0. The van der Waals surface area contributed by atoms with Gasteiger partial charge in [0.25, 0.3) is 5.91 Å². The number of carbonyl (C=O) groups is 2. The molecule has 1 saturated heterocycles. The summed E-state index contributed by atoms with van der Waals surface area (Å²) in [5.74, 6) is -2.33. The summed E-state index contributed by atoms with van der Waals surface area (Å²) < 4.78 is 28.2. The Balaban J connectivity index is 1.31. The molecule has 180 valence electrons. The van der Waals surface area contributed by atoms with Crippen LogP contribution in [-0.2, 0) is 6.42 Å². The summed E-state index contributed by atoms with van der Waals surface area (Å²) in [6.07, 6.45) is 3.22. The third-order valence-corrected chi connectivity index (χ3v) is 6.79. The highest BCUT2D eigenvalue weighted by Crippen LogP contribution is 2.38. The summed E-state index contributed by atoms with van der Waals surface area (Å²) in [5, 5.41) is 6.22. The molecule has 0 unspecified atom stereocenters. The number of nitrogens with zero attached hydrogens (tertiary/aromatic N) is 1. The molecule has 2 aliphatic rings. The number of halogens is 2. The van der Waals surface area contributed by atoms with Crippen molar-refractivity contribution < 1.29 is 18.4 Å². The van der Waals surface area contributed by atoms with Crippen LogP contribution in [-0.4, -0.2) is 42.8 Å². The van der Waals surface area contributed by atoms with E-state index in [0.717, 1.165) is 37.9 Å². The molecule has 0 atom stereocenters. The first-order valence-corrected chi connectivity index (χ1v) is 12.0. The van der Waals surface area contributed by atoms with Crippen LogP contribution in [0.25, 0.3) is 11.1 Å². The highest BCUT2D eigenvalue weighted by molar-refractivity contribution is 6.12. The minimum atomic E-state index is -0.944. The fourth-order valence-electron chi connectivity index (χ4n) is 4.96. The van der Waals surface area contributed by atoms with Gasteiger partial charge in [0.05, 0.1) is 5.69 Å². The zero-order valence-electron chi connectivity index (χ0n) is 19.4. The number of hydrogen-bond donors (Lipinski definition) is 2. The van der Waals surface area contributed by atoms with Gasteiger partial charge in [0, 0.05) is 41.9 Å². The number of anilines is 2. The van der Waals surface area contributed by atoms with Crippen molar-refractivity contribution in [3.05, 3.63) is 82.9 Å². The monoisotopic (exact) mass is 475 g/mol. The van der Waals surface area contributed by atoms with Gasteiger partial charge in [-0.15, -0.1) is 0 Å². The fourth-order valence-corrected chi connectivity index (χ4v) is 4.96. The molecule has 0 spiro atoms. The number of carbonyl (C=O) groups excluding carboxylic acids is 2. The number of hydrogen-bond acceptors (Lipinski definition) is 4. The molecule has 5 rings (SSSR count). The lowest BCUT2D eigenvalue weighted by Crippen LogP contribution is -2.25. The van der Waals surface area contributed by atoms with Crippen molar-refractivity contribution in [3.63, 3.8) is 0 Å². The summed E-state index contributed by atoms with van der Waals surface area (Å²) in [6.45, 7) is 4.16. The van der Waals surface area contributed by atoms with Crippen molar-refractivity contribution in [2.24, 2.45) is 0 Å². The van der Waals surface area contributed by atoms with Crippen LogP contribution >= 0.6 is 0 Å². The Hall–Kier alpha value is -3.58. The van der Waals surface area contributed by atoms with Gasteiger partial charge in [0.1, 0.15) is 0 Å². The molecule has 0 radical (unpaired) electrons.